The Balaban J connectivity index is 1.85. The maximum Gasteiger partial charge on any atom is 0.243 e. The van der Waals surface area contributed by atoms with E-state index in [1.165, 1.54) is 0 Å². The number of hydrogen-bond acceptors (Lipinski definition) is 4. The quantitative estimate of drug-likeness (QED) is 0.763. The molecule has 0 fully saturated rings. The van der Waals surface area contributed by atoms with Crippen LogP contribution in [0.4, 0.5) is 5.95 Å². The molecule has 2 heterocycles. The van der Waals surface area contributed by atoms with Crippen LogP contribution in [0.1, 0.15) is 5.56 Å². The zero-order valence-corrected chi connectivity index (χ0v) is 13.5. The molecule has 1 aromatic carbocycles. The Labute approximate surface area is 135 Å². The Morgan fingerprint density at radius 2 is 2.19 bits per heavy atom. The zero-order chi connectivity index (χ0) is 14.8. The van der Waals surface area contributed by atoms with E-state index in [9.17, 15) is 0 Å². The second-order valence-electron chi connectivity index (χ2n) is 4.33. The van der Waals surface area contributed by atoms with Crippen molar-refractivity contribution in [3.8, 4) is 5.75 Å². The molecule has 2 aromatic heterocycles. The number of halogens is 2. The first-order valence-corrected chi connectivity index (χ1v) is 7.42. The Morgan fingerprint density at radius 3 is 2.95 bits per heavy atom. The highest BCUT2D eigenvalue weighted by Crippen LogP contribution is 2.27. The Morgan fingerprint density at radius 1 is 1.33 bits per heavy atom. The van der Waals surface area contributed by atoms with Gasteiger partial charge in [-0.3, -0.25) is 0 Å². The lowest BCUT2D eigenvalue weighted by Gasteiger charge is -2.10. The van der Waals surface area contributed by atoms with E-state index in [1.54, 1.807) is 11.6 Å². The van der Waals surface area contributed by atoms with Gasteiger partial charge in [0.15, 0.2) is 5.65 Å². The first kappa shape index (κ1) is 14.2. The molecule has 0 unspecified atom stereocenters. The van der Waals surface area contributed by atoms with Crippen molar-refractivity contribution in [3.63, 3.8) is 0 Å². The number of pyridine rings is 1. The van der Waals surface area contributed by atoms with Gasteiger partial charge >= 0.3 is 0 Å². The van der Waals surface area contributed by atoms with Crippen molar-refractivity contribution in [2.45, 2.75) is 6.54 Å². The number of methoxy groups -OCH3 is 1. The molecule has 0 amide bonds. The summed E-state index contributed by atoms with van der Waals surface area (Å²) in [6.07, 6.45) is 1.84. The second-order valence-corrected chi connectivity index (χ2v) is 5.60. The van der Waals surface area contributed by atoms with Crippen molar-refractivity contribution in [1.29, 1.82) is 0 Å². The van der Waals surface area contributed by atoms with Gasteiger partial charge in [-0.25, -0.2) is 4.52 Å². The maximum absolute atomic E-state index is 6.20. The summed E-state index contributed by atoms with van der Waals surface area (Å²) in [5, 5.41) is 8.16. The van der Waals surface area contributed by atoms with E-state index in [-0.39, 0.29) is 0 Å². The number of ether oxygens (including phenoxy) is 1. The van der Waals surface area contributed by atoms with Gasteiger partial charge in [0, 0.05) is 23.3 Å². The lowest BCUT2D eigenvalue weighted by Crippen LogP contribution is -2.04. The molecule has 0 bridgehead atoms. The van der Waals surface area contributed by atoms with Gasteiger partial charge in [-0.05, 0) is 40.2 Å². The van der Waals surface area contributed by atoms with Crippen molar-refractivity contribution < 1.29 is 4.74 Å². The minimum atomic E-state index is 0.483. The maximum atomic E-state index is 6.20. The number of nitrogens with zero attached hydrogens (tertiary/aromatic N) is 3. The van der Waals surface area contributed by atoms with E-state index in [4.69, 9.17) is 16.3 Å². The smallest absolute Gasteiger partial charge is 0.243 e. The van der Waals surface area contributed by atoms with Crippen LogP contribution in [0.15, 0.2) is 41.0 Å². The molecule has 3 rings (SSSR count). The minimum absolute atomic E-state index is 0.483. The van der Waals surface area contributed by atoms with Crippen LogP contribution in [-0.4, -0.2) is 21.7 Å². The van der Waals surface area contributed by atoms with Crippen molar-refractivity contribution in [2.75, 3.05) is 12.4 Å². The molecule has 0 spiro atoms. The third-order valence-electron chi connectivity index (χ3n) is 3.03. The second kappa shape index (κ2) is 5.91. The number of rotatable bonds is 4. The number of aromatic nitrogens is 3. The Bertz CT molecular complexity index is 790. The van der Waals surface area contributed by atoms with E-state index < -0.39 is 0 Å². The summed E-state index contributed by atoms with van der Waals surface area (Å²) < 4.78 is 7.91. The van der Waals surface area contributed by atoms with Gasteiger partial charge in [0.2, 0.25) is 5.95 Å². The molecule has 0 radical (unpaired) electrons. The molecule has 3 aromatic rings. The topological polar surface area (TPSA) is 51.5 Å². The first-order valence-electron chi connectivity index (χ1n) is 6.25. The molecule has 0 aliphatic rings. The monoisotopic (exact) mass is 366 g/mol. The lowest BCUT2D eigenvalue weighted by molar-refractivity contribution is 0.410. The molecular formula is C14H12BrClN4O. The van der Waals surface area contributed by atoms with Crippen molar-refractivity contribution in [2.24, 2.45) is 0 Å². The molecule has 0 aliphatic carbocycles. The van der Waals surface area contributed by atoms with Crippen LogP contribution in [0.2, 0.25) is 5.02 Å². The third-order valence-corrected chi connectivity index (χ3v) is 4.01. The number of hydrogen-bond donors (Lipinski definition) is 1. The lowest BCUT2D eigenvalue weighted by atomic mass is 10.2. The Kier molecular flexibility index (Phi) is 3.98. The van der Waals surface area contributed by atoms with Crippen LogP contribution in [0.25, 0.3) is 5.65 Å². The summed E-state index contributed by atoms with van der Waals surface area (Å²) in [5.74, 6) is 1.27. The Hall–Kier alpha value is -1.79. The van der Waals surface area contributed by atoms with E-state index in [2.05, 4.69) is 31.3 Å². The summed E-state index contributed by atoms with van der Waals surface area (Å²) in [5.41, 5.74) is 1.63. The largest absolute Gasteiger partial charge is 0.496 e. The number of nitrogens with one attached hydrogen (secondary N) is 1. The van der Waals surface area contributed by atoms with Gasteiger partial charge in [-0.15, -0.1) is 5.10 Å². The highest BCUT2D eigenvalue weighted by Gasteiger charge is 2.10. The van der Waals surface area contributed by atoms with E-state index in [0.29, 0.717) is 17.5 Å². The summed E-state index contributed by atoms with van der Waals surface area (Å²) in [7, 11) is 1.62. The first-order chi connectivity index (χ1) is 10.2. The van der Waals surface area contributed by atoms with Gasteiger partial charge in [0.25, 0.3) is 0 Å². The van der Waals surface area contributed by atoms with Crippen LogP contribution in [0.3, 0.4) is 0 Å². The predicted octanol–water partition coefficient (Wildman–Crippen LogP) is 3.77. The van der Waals surface area contributed by atoms with Gasteiger partial charge in [0.05, 0.1) is 11.6 Å². The van der Waals surface area contributed by atoms with Gasteiger partial charge in [-0.1, -0.05) is 17.7 Å². The van der Waals surface area contributed by atoms with Crippen LogP contribution >= 0.6 is 27.5 Å². The number of anilines is 1. The zero-order valence-electron chi connectivity index (χ0n) is 11.2. The molecule has 0 saturated carbocycles. The van der Waals surface area contributed by atoms with Crippen LogP contribution < -0.4 is 10.1 Å². The summed E-state index contributed by atoms with van der Waals surface area (Å²) in [4.78, 5) is 4.42. The molecule has 0 atom stereocenters. The fourth-order valence-electron chi connectivity index (χ4n) is 2.02. The molecule has 108 valence electrons. The van der Waals surface area contributed by atoms with Gasteiger partial charge < -0.3 is 10.1 Å². The van der Waals surface area contributed by atoms with E-state index >= 15 is 0 Å². The summed E-state index contributed by atoms with van der Waals surface area (Å²) >= 11 is 9.65. The number of fused-ring (bicyclic) bond motifs is 1. The fraction of sp³-hybridized carbons (Fsp3) is 0.143. The van der Waals surface area contributed by atoms with Crippen LogP contribution in [-0.2, 0) is 6.54 Å². The van der Waals surface area contributed by atoms with Crippen molar-refractivity contribution >= 4 is 39.1 Å². The SMILES string of the molecule is COc1cccc(Cl)c1CNc1nc2c(Br)cccn2n1. The molecule has 5 nitrogen and oxygen atoms in total. The molecule has 0 aliphatic heterocycles. The average Bonchev–Trinajstić information content (AvgIpc) is 2.90. The predicted molar refractivity (Wildman–Crippen MR) is 86.0 cm³/mol. The van der Waals surface area contributed by atoms with E-state index in [1.807, 2.05) is 36.5 Å². The molecule has 21 heavy (non-hydrogen) atoms. The van der Waals surface area contributed by atoms with Gasteiger partial charge in [-0.2, -0.15) is 4.98 Å². The van der Waals surface area contributed by atoms with Crippen LogP contribution in [0, 0.1) is 0 Å². The molecule has 0 saturated heterocycles. The van der Waals surface area contributed by atoms with Crippen LogP contribution in [0.5, 0.6) is 5.75 Å². The summed E-state index contributed by atoms with van der Waals surface area (Å²) in [6, 6.07) is 9.37. The molecular weight excluding hydrogens is 356 g/mol. The van der Waals surface area contributed by atoms with E-state index in [0.717, 1.165) is 21.4 Å². The molecule has 7 heteroatoms. The highest BCUT2D eigenvalue weighted by atomic mass is 79.9. The van der Waals surface area contributed by atoms with Crippen molar-refractivity contribution in [3.05, 3.63) is 51.6 Å². The standard InChI is InChI=1S/C14H12BrClN4O/c1-21-12-6-2-5-11(16)9(12)8-17-14-18-13-10(15)4-3-7-20(13)19-14/h2-7H,8H2,1H3,(H,17,19). The fourth-order valence-corrected chi connectivity index (χ4v) is 2.67. The van der Waals surface area contributed by atoms with Gasteiger partial charge in [0.1, 0.15) is 5.75 Å². The minimum Gasteiger partial charge on any atom is -0.496 e. The number of benzene rings is 1. The normalized spacial score (nSPS) is 10.8. The summed E-state index contributed by atoms with van der Waals surface area (Å²) in [6.45, 7) is 0.483. The molecule has 1 N–H and O–H groups in total. The highest BCUT2D eigenvalue weighted by molar-refractivity contribution is 9.10. The average molecular weight is 368 g/mol. The third kappa shape index (κ3) is 2.82. The van der Waals surface area contributed by atoms with Crippen molar-refractivity contribution in [1.82, 2.24) is 14.6 Å².